The van der Waals surface area contributed by atoms with Crippen molar-refractivity contribution in [2.45, 2.75) is 51.7 Å². The molecule has 114 valence electrons. The van der Waals surface area contributed by atoms with E-state index in [0.717, 1.165) is 32.5 Å². The molecule has 1 saturated heterocycles. The summed E-state index contributed by atoms with van der Waals surface area (Å²) in [6, 6.07) is 0. The summed E-state index contributed by atoms with van der Waals surface area (Å²) in [5.74, 6) is 1.00. The van der Waals surface area contributed by atoms with Gasteiger partial charge in [0.15, 0.2) is 0 Å². The van der Waals surface area contributed by atoms with Crippen molar-refractivity contribution in [2.24, 2.45) is 0 Å². The van der Waals surface area contributed by atoms with Crippen molar-refractivity contribution in [3.63, 3.8) is 0 Å². The Morgan fingerprint density at radius 2 is 2.25 bits per heavy atom. The zero-order valence-electron chi connectivity index (χ0n) is 12.6. The average Bonchev–Trinajstić information content (AvgIpc) is 2.89. The van der Waals surface area contributed by atoms with Crippen LogP contribution in [-0.4, -0.2) is 52.5 Å². The fourth-order valence-electron chi connectivity index (χ4n) is 2.63. The molecular formula is C14H25N3O3. The first-order chi connectivity index (χ1) is 9.65. The number of ether oxygens (including phenoxy) is 1. The molecule has 1 aromatic rings. The highest BCUT2D eigenvalue weighted by Crippen LogP contribution is 2.25. The van der Waals surface area contributed by atoms with Crippen LogP contribution in [0.5, 0.6) is 0 Å². The molecule has 3 unspecified atom stereocenters. The van der Waals surface area contributed by atoms with Crippen molar-refractivity contribution in [3.8, 4) is 0 Å². The number of aliphatic hydroxyl groups is 1. The van der Waals surface area contributed by atoms with E-state index >= 15 is 0 Å². The van der Waals surface area contributed by atoms with Gasteiger partial charge in [0.05, 0.1) is 18.6 Å². The van der Waals surface area contributed by atoms with Crippen LogP contribution in [0.1, 0.15) is 57.3 Å². The van der Waals surface area contributed by atoms with Crippen LogP contribution in [-0.2, 0) is 4.74 Å². The van der Waals surface area contributed by atoms with E-state index < -0.39 is 6.10 Å². The number of morpholine rings is 1. The second-order valence-electron chi connectivity index (χ2n) is 5.41. The molecule has 6 heteroatoms. The smallest absolute Gasteiger partial charge is 0.232 e. The van der Waals surface area contributed by atoms with Gasteiger partial charge in [-0.3, -0.25) is 4.90 Å². The molecule has 1 aromatic heterocycles. The average molecular weight is 283 g/mol. The molecule has 1 aliphatic rings. The first-order valence-electron chi connectivity index (χ1n) is 7.51. The molecule has 0 saturated carbocycles. The van der Waals surface area contributed by atoms with Gasteiger partial charge in [0, 0.05) is 13.1 Å². The predicted octanol–water partition coefficient (Wildman–Crippen LogP) is 1.73. The molecule has 1 fully saturated rings. The van der Waals surface area contributed by atoms with Gasteiger partial charge in [0.25, 0.3) is 0 Å². The third-order valence-electron chi connectivity index (χ3n) is 3.78. The summed E-state index contributed by atoms with van der Waals surface area (Å²) in [4.78, 5) is 6.79. The lowest BCUT2D eigenvalue weighted by Crippen LogP contribution is -2.39. The molecule has 2 rings (SSSR count). The molecule has 3 atom stereocenters. The Bertz CT molecular complexity index is 406. The molecule has 0 aliphatic carbocycles. The van der Waals surface area contributed by atoms with Crippen LogP contribution in [0.3, 0.4) is 0 Å². The minimum Gasteiger partial charge on any atom is -0.393 e. The predicted molar refractivity (Wildman–Crippen MR) is 74.4 cm³/mol. The zero-order valence-corrected chi connectivity index (χ0v) is 12.6. The highest BCUT2D eigenvalue weighted by atomic mass is 16.5. The number of hydrogen-bond donors (Lipinski definition) is 1. The van der Waals surface area contributed by atoms with Crippen LogP contribution in [0.15, 0.2) is 4.52 Å². The van der Waals surface area contributed by atoms with E-state index in [1.54, 1.807) is 6.92 Å². The van der Waals surface area contributed by atoms with Crippen molar-refractivity contribution in [2.75, 3.05) is 26.2 Å². The van der Waals surface area contributed by atoms with Crippen LogP contribution in [0.2, 0.25) is 0 Å². The second-order valence-corrected chi connectivity index (χ2v) is 5.41. The minimum absolute atomic E-state index is 0.105. The Kier molecular flexibility index (Phi) is 5.51. The van der Waals surface area contributed by atoms with Crippen LogP contribution in [0, 0.1) is 0 Å². The van der Waals surface area contributed by atoms with Crippen molar-refractivity contribution < 1.29 is 14.4 Å². The summed E-state index contributed by atoms with van der Waals surface area (Å²) in [7, 11) is 0. The van der Waals surface area contributed by atoms with E-state index in [1.165, 1.54) is 0 Å². The van der Waals surface area contributed by atoms with Crippen LogP contribution in [0.25, 0.3) is 0 Å². The fraction of sp³-hybridized carbons (Fsp3) is 0.857. The molecule has 0 bridgehead atoms. The normalized spacial score (nSPS) is 23.7. The van der Waals surface area contributed by atoms with Crippen molar-refractivity contribution in [1.29, 1.82) is 0 Å². The maximum atomic E-state index is 9.73. The van der Waals surface area contributed by atoms with Gasteiger partial charge >= 0.3 is 0 Å². The van der Waals surface area contributed by atoms with Gasteiger partial charge in [0.1, 0.15) is 6.10 Å². The number of rotatable bonds is 6. The number of aromatic nitrogens is 2. The Morgan fingerprint density at radius 3 is 2.90 bits per heavy atom. The van der Waals surface area contributed by atoms with E-state index in [-0.39, 0.29) is 12.0 Å². The molecule has 1 N–H and O–H groups in total. The zero-order chi connectivity index (χ0) is 14.5. The van der Waals surface area contributed by atoms with E-state index in [2.05, 4.69) is 22.0 Å². The first kappa shape index (κ1) is 15.4. The third kappa shape index (κ3) is 3.56. The van der Waals surface area contributed by atoms with Gasteiger partial charge in [-0.25, -0.2) is 0 Å². The van der Waals surface area contributed by atoms with Gasteiger partial charge in [0.2, 0.25) is 11.7 Å². The first-order valence-corrected chi connectivity index (χ1v) is 7.51. The van der Waals surface area contributed by atoms with Crippen molar-refractivity contribution in [3.05, 3.63) is 11.7 Å². The highest BCUT2D eigenvalue weighted by molar-refractivity contribution is 4.99. The Labute approximate surface area is 120 Å². The van der Waals surface area contributed by atoms with Gasteiger partial charge in [-0.2, -0.15) is 4.98 Å². The molecule has 0 amide bonds. The number of hydrogen-bond acceptors (Lipinski definition) is 6. The standard InChI is InChI=1S/C14H25N3O3/c1-4-6-17-7-8-19-12(9-17)13-15-14(20-16-13)11(5-2)10(3)18/h10-12,18H,4-9H2,1-3H3. The molecule has 6 nitrogen and oxygen atoms in total. The van der Waals surface area contributed by atoms with Crippen LogP contribution < -0.4 is 0 Å². The summed E-state index contributed by atoms with van der Waals surface area (Å²) in [6.07, 6.45) is 1.29. The summed E-state index contributed by atoms with van der Waals surface area (Å²) in [6.45, 7) is 9.45. The van der Waals surface area contributed by atoms with Gasteiger partial charge in [-0.05, 0) is 26.3 Å². The SMILES string of the molecule is CCCN1CCOC(c2noc(C(CC)C(C)O)n2)C1. The van der Waals surface area contributed by atoms with E-state index in [1.807, 2.05) is 6.92 Å². The van der Waals surface area contributed by atoms with Crippen LogP contribution in [0.4, 0.5) is 0 Å². The van der Waals surface area contributed by atoms with Crippen molar-refractivity contribution >= 4 is 0 Å². The summed E-state index contributed by atoms with van der Waals surface area (Å²) < 4.78 is 11.0. The lowest BCUT2D eigenvalue weighted by molar-refractivity contribution is -0.0350. The van der Waals surface area contributed by atoms with Gasteiger partial charge in [-0.1, -0.05) is 19.0 Å². The van der Waals surface area contributed by atoms with Crippen molar-refractivity contribution in [1.82, 2.24) is 15.0 Å². The Balaban J connectivity index is 2.04. The summed E-state index contributed by atoms with van der Waals surface area (Å²) >= 11 is 0. The summed E-state index contributed by atoms with van der Waals surface area (Å²) in [5, 5.41) is 13.8. The quantitative estimate of drug-likeness (QED) is 0.857. The minimum atomic E-state index is -0.489. The van der Waals surface area contributed by atoms with Gasteiger partial charge in [-0.15, -0.1) is 0 Å². The highest BCUT2D eigenvalue weighted by Gasteiger charge is 2.28. The largest absolute Gasteiger partial charge is 0.393 e. The number of nitrogens with zero attached hydrogens (tertiary/aromatic N) is 3. The number of aliphatic hydroxyl groups excluding tert-OH is 1. The summed E-state index contributed by atoms with van der Waals surface area (Å²) in [5.41, 5.74) is 0. The topological polar surface area (TPSA) is 71.6 Å². The molecule has 20 heavy (non-hydrogen) atoms. The fourth-order valence-corrected chi connectivity index (χ4v) is 2.63. The van der Waals surface area contributed by atoms with E-state index in [4.69, 9.17) is 9.26 Å². The molecule has 0 spiro atoms. The Hall–Kier alpha value is -0.980. The molecule has 2 heterocycles. The molecule has 1 aliphatic heterocycles. The monoisotopic (exact) mass is 283 g/mol. The van der Waals surface area contributed by atoms with E-state index in [9.17, 15) is 5.11 Å². The Morgan fingerprint density at radius 1 is 1.45 bits per heavy atom. The molecular weight excluding hydrogens is 258 g/mol. The lowest BCUT2D eigenvalue weighted by atomic mass is 10.0. The van der Waals surface area contributed by atoms with E-state index in [0.29, 0.717) is 18.3 Å². The maximum absolute atomic E-state index is 9.73. The maximum Gasteiger partial charge on any atom is 0.232 e. The second kappa shape index (κ2) is 7.15. The lowest BCUT2D eigenvalue weighted by Gasteiger charge is -2.30. The molecule has 0 aromatic carbocycles. The van der Waals surface area contributed by atoms with Gasteiger partial charge < -0.3 is 14.4 Å². The third-order valence-corrected chi connectivity index (χ3v) is 3.78. The van der Waals surface area contributed by atoms with Crippen LogP contribution >= 0.6 is 0 Å². The molecule has 0 radical (unpaired) electrons.